The molecule has 1 aromatic carbocycles. The Balaban J connectivity index is 1.06. The molecule has 0 spiro atoms. The summed E-state index contributed by atoms with van der Waals surface area (Å²) in [5.41, 5.74) is 3.24. The zero-order valence-electron chi connectivity index (χ0n) is 20.8. The van der Waals surface area contributed by atoms with Crippen LogP contribution in [-0.2, 0) is 13.0 Å². The van der Waals surface area contributed by atoms with Crippen molar-refractivity contribution in [3.8, 4) is 5.19 Å². The summed E-state index contributed by atoms with van der Waals surface area (Å²) in [6, 6.07) is 5.84. The molecule has 0 unspecified atom stereocenters. The summed E-state index contributed by atoms with van der Waals surface area (Å²) in [7, 11) is 0. The fourth-order valence-electron chi connectivity index (χ4n) is 5.24. The number of H-pyrrole nitrogens is 1. The highest BCUT2D eigenvalue weighted by Gasteiger charge is 2.27. The molecule has 1 aliphatic carbocycles. The van der Waals surface area contributed by atoms with E-state index >= 15 is 0 Å². The molecule has 1 saturated carbocycles. The van der Waals surface area contributed by atoms with Gasteiger partial charge in [-0.3, -0.25) is 9.69 Å². The molecule has 2 aliphatic rings. The number of hydrogen-bond donors (Lipinski definition) is 2. The van der Waals surface area contributed by atoms with Gasteiger partial charge < -0.3 is 15.0 Å². The second-order valence-corrected chi connectivity index (χ2v) is 11.3. The van der Waals surface area contributed by atoms with Crippen molar-refractivity contribution in [1.82, 2.24) is 25.2 Å². The summed E-state index contributed by atoms with van der Waals surface area (Å²) in [4.78, 5) is 28.6. The summed E-state index contributed by atoms with van der Waals surface area (Å²) in [5.74, 6) is -1.43. The highest BCUT2D eigenvalue weighted by Crippen LogP contribution is 2.32. The van der Waals surface area contributed by atoms with Crippen LogP contribution in [0.5, 0.6) is 5.19 Å². The van der Waals surface area contributed by atoms with Gasteiger partial charge in [0.15, 0.2) is 6.61 Å². The van der Waals surface area contributed by atoms with Gasteiger partial charge in [-0.05, 0) is 70.0 Å². The third kappa shape index (κ3) is 6.03. The van der Waals surface area contributed by atoms with Gasteiger partial charge in [-0.2, -0.15) is 0 Å². The Morgan fingerprint density at radius 2 is 2.08 bits per heavy atom. The second kappa shape index (κ2) is 10.4. The Morgan fingerprint density at radius 1 is 1.28 bits per heavy atom. The largest absolute Gasteiger partial charge is 0.464 e. The monoisotopic (exact) mass is 517 g/mol. The van der Waals surface area contributed by atoms with Crippen LogP contribution in [0.4, 0.5) is 8.78 Å². The molecule has 0 radical (unpaired) electrons. The van der Waals surface area contributed by atoms with Crippen LogP contribution in [0.1, 0.15) is 65.8 Å². The lowest BCUT2D eigenvalue weighted by Crippen LogP contribution is -2.38. The number of carbonyl (C=O) groups excluding carboxylic acids is 1. The van der Waals surface area contributed by atoms with Gasteiger partial charge in [-0.1, -0.05) is 17.4 Å². The minimum absolute atomic E-state index is 0.0360. The first-order valence-corrected chi connectivity index (χ1v) is 13.5. The maximum absolute atomic E-state index is 13.1. The third-order valence-corrected chi connectivity index (χ3v) is 8.22. The quantitative estimate of drug-likeness (QED) is 0.435. The number of aromatic amines is 1. The molecule has 0 bridgehead atoms. The molecule has 3 heterocycles. The molecule has 2 aromatic heterocycles. The van der Waals surface area contributed by atoms with Gasteiger partial charge in [-0.15, -0.1) is 0 Å². The van der Waals surface area contributed by atoms with Crippen molar-refractivity contribution in [2.75, 3.05) is 19.7 Å². The number of rotatable bonds is 8. The maximum Gasteiger partial charge on any atom is 0.278 e. The number of benzene rings is 1. The number of nitrogens with zero attached hydrogens (tertiary/aromatic N) is 3. The van der Waals surface area contributed by atoms with Gasteiger partial charge in [0.05, 0.1) is 22.3 Å². The Morgan fingerprint density at radius 3 is 2.86 bits per heavy atom. The van der Waals surface area contributed by atoms with Crippen LogP contribution < -0.4 is 10.1 Å². The van der Waals surface area contributed by atoms with Crippen LogP contribution in [-0.4, -0.2) is 57.4 Å². The minimum atomic E-state index is -2.85. The number of ether oxygens (including phenoxy) is 1. The lowest BCUT2D eigenvalue weighted by atomic mass is 9.84. The average molecular weight is 518 g/mol. The highest BCUT2D eigenvalue weighted by atomic mass is 32.1. The molecule has 2 N–H and O–H groups in total. The predicted octanol–water partition coefficient (Wildman–Crippen LogP) is 5.10. The normalized spacial score (nSPS) is 20.9. The van der Waals surface area contributed by atoms with Gasteiger partial charge in [0, 0.05) is 30.9 Å². The van der Waals surface area contributed by atoms with Crippen molar-refractivity contribution in [2.45, 2.75) is 70.9 Å². The standard InChI is InChI=1S/C26H33F2N5O2S/c1-16-29-20-5-3-4-19(23(20)30-16)24(34)31-18-8-6-17(7-9-18)10-12-33-13-11-22-21(14-33)32-25(36-22)35-15-26(2,27)28/h3-5,17-18H,6-15H2,1-2H3,(H,29,30)(H,31,34)/t17-,18-. The molecular formula is C26H33F2N5O2S. The first kappa shape index (κ1) is 25.1. The zero-order valence-corrected chi connectivity index (χ0v) is 21.6. The molecule has 194 valence electrons. The van der Waals surface area contributed by atoms with Crippen LogP contribution in [0.3, 0.4) is 0 Å². The van der Waals surface area contributed by atoms with Crippen LogP contribution in [0, 0.1) is 12.8 Å². The van der Waals surface area contributed by atoms with Crippen molar-refractivity contribution >= 4 is 28.3 Å². The van der Waals surface area contributed by atoms with E-state index in [4.69, 9.17) is 4.74 Å². The number of nitrogens with one attached hydrogen (secondary N) is 2. The fourth-order valence-corrected chi connectivity index (χ4v) is 6.14. The number of hydrogen-bond acceptors (Lipinski definition) is 6. The van der Waals surface area contributed by atoms with E-state index in [1.807, 2.05) is 25.1 Å². The molecular weight excluding hydrogens is 484 g/mol. The Labute approximate surface area is 213 Å². The lowest BCUT2D eigenvalue weighted by molar-refractivity contribution is -0.0230. The Kier molecular flexibility index (Phi) is 7.25. The van der Waals surface area contributed by atoms with E-state index in [1.54, 1.807) is 0 Å². The van der Waals surface area contributed by atoms with Gasteiger partial charge >= 0.3 is 0 Å². The number of thiazole rings is 1. The van der Waals surface area contributed by atoms with Gasteiger partial charge in [-0.25, -0.2) is 18.7 Å². The summed E-state index contributed by atoms with van der Waals surface area (Å²) < 4.78 is 31.3. The predicted molar refractivity (Wildman–Crippen MR) is 136 cm³/mol. The smallest absolute Gasteiger partial charge is 0.278 e. The SMILES string of the molecule is Cc1nc2cccc(C(=O)N[C@H]3CC[C@H](CCN4CCc5sc(OCC(C)(F)F)nc5C4)CC3)c2[nH]1. The van der Waals surface area contributed by atoms with E-state index in [0.29, 0.717) is 16.7 Å². The Bertz CT molecular complexity index is 1210. The number of fused-ring (bicyclic) bond motifs is 2. The summed E-state index contributed by atoms with van der Waals surface area (Å²) in [6.45, 7) is 4.83. The molecule has 1 aliphatic heterocycles. The minimum Gasteiger partial charge on any atom is -0.464 e. The lowest BCUT2D eigenvalue weighted by Gasteiger charge is -2.32. The van der Waals surface area contributed by atoms with Gasteiger partial charge in [0.1, 0.15) is 5.82 Å². The number of aryl methyl sites for hydroxylation is 1. The number of alkyl halides is 2. The third-order valence-electron chi connectivity index (χ3n) is 7.15. The first-order chi connectivity index (χ1) is 17.2. The molecule has 10 heteroatoms. The molecule has 0 saturated heterocycles. The summed E-state index contributed by atoms with van der Waals surface area (Å²) in [6.07, 6.45) is 6.22. The van der Waals surface area contributed by atoms with E-state index in [0.717, 1.165) is 92.5 Å². The van der Waals surface area contributed by atoms with E-state index in [9.17, 15) is 13.6 Å². The number of imidazole rings is 1. The van der Waals surface area contributed by atoms with Crippen LogP contribution in [0.25, 0.3) is 11.0 Å². The topological polar surface area (TPSA) is 83.1 Å². The van der Waals surface area contributed by atoms with Crippen LogP contribution in [0.2, 0.25) is 0 Å². The maximum atomic E-state index is 13.1. The molecule has 0 atom stereocenters. The van der Waals surface area contributed by atoms with Crippen molar-refractivity contribution in [3.05, 3.63) is 40.2 Å². The van der Waals surface area contributed by atoms with E-state index in [-0.39, 0.29) is 11.9 Å². The molecule has 7 nitrogen and oxygen atoms in total. The molecule has 1 fully saturated rings. The fraction of sp³-hybridized carbons (Fsp3) is 0.577. The van der Waals surface area contributed by atoms with Gasteiger partial charge in [0.2, 0.25) is 0 Å². The Hall–Kier alpha value is -2.59. The average Bonchev–Trinajstić information content (AvgIpc) is 3.43. The number of aromatic nitrogens is 3. The van der Waals surface area contributed by atoms with Crippen LogP contribution >= 0.6 is 11.3 Å². The van der Waals surface area contributed by atoms with Crippen molar-refractivity contribution in [3.63, 3.8) is 0 Å². The number of amides is 1. The van der Waals surface area contributed by atoms with Crippen LogP contribution in [0.15, 0.2) is 18.2 Å². The van der Waals surface area contributed by atoms with Crippen molar-refractivity contribution in [1.29, 1.82) is 0 Å². The summed E-state index contributed by atoms with van der Waals surface area (Å²) >= 11 is 1.40. The van der Waals surface area contributed by atoms with E-state index < -0.39 is 12.5 Å². The zero-order chi connectivity index (χ0) is 25.3. The second-order valence-electron chi connectivity index (χ2n) is 10.2. The number of halogens is 2. The van der Waals surface area contributed by atoms with Crippen molar-refractivity contribution in [2.24, 2.45) is 5.92 Å². The first-order valence-electron chi connectivity index (χ1n) is 12.7. The van der Waals surface area contributed by atoms with Gasteiger partial charge in [0.25, 0.3) is 17.0 Å². The summed E-state index contributed by atoms with van der Waals surface area (Å²) in [5, 5.41) is 3.58. The highest BCUT2D eigenvalue weighted by molar-refractivity contribution is 7.13. The molecule has 1 amide bonds. The number of carbonyl (C=O) groups is 1. The molecule has 36 heavy (non-hydrogen) atoms. The van der Waals surface area contributed by atoms with E-state index in [2.05, 4.69) is 25.2 Å². The molecule has 3 aromatic rings. The molecule has 5 rings (SSSR count). The van der Waals surface area contributed by atoms with Crippen molar-refractivity contribution < 1.29 is 18.3 Å². The number of para-hydroxylation sites is 1. The van der Waals surface area contributed by atoms with E-state index in [1.165, 1.54) is 11.3 Å².